The molecule has 2 nitrogen and oxygen atoms in total. The van der Waals surface area contributed by atoms with Crippen molar-refractivity contribution in [3.8, 4) is 0 Å². The molecular formula is C13H27NO. The average Bonchev–Trinajstić information content (AvgIpc) is 2.29. The Labute approximate surface area is 95.0 Å². The molecular weight excluding hydrogens is 186 g/mol. The first kappa shape index (κ1) is 13.0. The SMILES string of the molecule is CCCCCCOCCN1CCCCC1. The molecule has 0 atom stereocenters. The molecule has 0 aromatic rings. The largest absolute Gasteiger partial charge is 0.380 e. The molecule has 15 heavy (non-hydrogen) atoms. The molecule has 1 aliphatic rings. The summed E-state index contributed by atoms with van der Waals surface area (Å²) in [6.45, 7) is 7.88. The zero-order valence-corrected chi connectivity index (χ0v) is 10.3. The van der Waals surface area contributed by atoms with Crippen molar-refractivity contribution in [2.24, 2.45) is 0 Å². The Kier molecular flexibility index (Phi) is 7.94. The van der Waals surface area contributed by atoms with Gasteiger partial charge in [-0.2, -0.15) is 0 Å². The zero-order valence-electron chi connectivity index (χ0n) is 10.3. The van der Waals surface area contributed by atoms with Crippen LogP contribution in [0.5, 0.6) is 0 Å². The van der Waals surface area contributed by atoms with Crippen molar-refractivity contribution in [1.82, 2.24) is 4.90 Å². The van der Waals surface area contributed by atoms with Crippen LogP contribution in [0.3, 0.4) is 0 Å². The summed E-state index contributed by atoms with van der Waals surface area (Å²) < 4.78 is 5.64. The lowest BCUT2D eigenvalue weighted by Gasteiger charge is -2.26. The summed E-state index contributed by atoms with van der Waals surface area (Å²) in [4.78, 5) is 2.54. The van der Waals surface area contributed by atoms with Gasteiger partial charge in [0.05, 0.1) is 6.61 Å². The highest BCUT2D eigenvalue weighted by atomic mass is 16.5. The molecule has 0 bridgehead atoms. The zero-order chi connectivity index (χ0) is 10.8. The molecule has 0 saturated carbocycles. The summed E-state index contributed by atoms with van der Waals surface area (Å²) in [7, 11) is 0. The van der Waals surface area contributed by atoms with Crippen molar-refractivity contribution in [3.05, 3.63) is 0 Å². The first-order chi connectivity index (χ1) is 7.43. The van der Waals surface area contributed by atoms with E-state index >= 15 is 0 Å². The number of nitrogens with zero attached hydrogens (tertiary/aromatic N) is 1. The van der Waals surface area contributed by atoms with Gasteiger partial charge in [0.2, 0.25) is 0 Å². The topological polar surface area (TPSA) is 12.5 Å². The number of piperidine rings is 1. The number of hydrogen-bond donors (Lipinski definition) is 0. The van der Waals surface area contributed by atoms with Gasteiger partial charge in [-0.3, -0.25) is 0 Å². The quantitative estimate of drug-likeness (QED) is 0.575. The van der Waals surface area contributed by atoms with Gasteiger partial charge in [-0.15, -0.1) is 0 Å². The van der Waals surface area contributed by atoms with Gasteiger partial charge >= 0.3 is 0 Å². The van der Waals surface area contributed by atoms with E-state index in [9.17, 15) is 0 Å². The minimum atomic E-state index is 0.937. The van der Waals surface area contributed by atoms with Gasteiger partial charge < -0.3 is 9.64 Å². The lowest BCUT2D eigenvalue weighted by Crippen LogP contribution is -2.32. The highest BCUT2D eigenvalue weighted by Gasteiger charge is 2.08. The summed E-state index contributed by atoms with van der Waals surface area (Å²) in [5, 5.41) is 0. The third kappa shape index (κ3) is 6.91. The van der Waals surface area contributed by atoms with Crippen LogP contribution >= 0.6 is 0 Å². The van der Waals surface area contributed by atoms with E-state index in [0.717, 1.165) is 19.8 Å². The van der Waals surface area contributed by atoms with Crippen LogP contribution in [-0.4, -0.2) is 37.7 Å². The van der Waals surface area contributed by atoms with Crippen molar-refractivity contribution < 1.29 is 4.74 Å². The van der Waals surface area contributed by atoms with Gasteiger partial charge in [0.25, 0.3) is 0 Å². The molecule has 1 rings (SSSR count). The third-order valence-electron chi connectivity index (χ3n) is 3.14. The van der Waals surface area contributed by atoms with E-state index in [-0.39, 0.29) is 0 Å². The number of ether oxygens (including phenoxy) is 1. The Morgan fingerprint density at radius 1 is 0.933 bits per heavy atom. The molecule has 90 valence electrons. The predicted molar refractivity (Wildman–Crippen MR) is 65.3 cm³/mol. The van der Waals surface area contributed by atoms with Crippen LogP contribution in [-0.2, 0) is 4.74 Å². The fourth-order valence-corrected chi connectivity index (χ4v) is 2.11. The predicted octanol–water partition coefficient (Wildman–Crippen LogP) is 3.07. The Morgan fingerprint density at radius 2 is 1.73 bits per heavy atom. The molecule has 1 heterocycles. The van der Waals surface area contributed by atoms with Gasteiger partial charge in [0.1, 0.15) is 0 Å². The normalized spacial score (nSPS) is 18.2. The maximum absolute atomic E-state index is 5.64. The van der Waals surface area contributed by atoms with E-state index in [4.69, 9.17) is 4.74 Å². The van der Waals surface area contributed by atoms with Gasteiger partial charge in [-0.05, 0) is 32.4 Å². The van der Waals surface area contributed by atoms with E-state index < -0.39 is 0 Å². The molecule has 1 fully saturated rings. The summed E-state index contributed by atoms with van der Waals surface area (Å²) in [6.07, 6.45) is 9.44. The second kappa shape index (κ2) is 9.17. The van der Waals surface area contributed by atoms with Gasteiger partial charge in [-0.25, -0.2) is 0 Å². The fraction of sp³-hybridized carbons (Fsp3) is 1.00. The van der Waals surface area contributed by atoms with Crippen LogP contribution in [0.1, 0.15) is 51.9 Å². The minimum absolute atomic E-state index is 0.937. The Balaban J connectivity index is 1.79. The van der Waals surface area contributed by atoms with E-state index in [1.165, 1.54) is 58.0 Å². The first-order valence-electron chi connectivity index (χ1n) is 6.73. The fourth-order valence-electron chi connectivity index (χ4n) is 2.11. The van der Waals surface area contributed by atoms with E-state index in [2.05, 4.69) is 11.8 Å². The summed E-state index contributed by atoms with van der Waals surface area (Å²) in [5.74, 6) is 0. The molecule has 0 aromatic carbocycles. The number of unbranched alkanes of at least 4 members (excludes halogenated alkanes) is 3. The molecule has 0 radical (unpaired) electrons. The van der Waals surface area contributed by atoms with Crippen LogP contribution in [0.4, 0.5) is 0 Å². The number of rotatable bonds is 8. The first-order valence-corrected chi connectivity index (χ1v) is 6.73. The Hall–Kier alpha value is -0.0800. The van der Waals surface area contributed by atoms with Gasteiger partial charge in [0.15, 0.2) is 0 Å². The van der Waals surface area contributed by atoms with Crippen LogP contribution in [0, 0.1) is 0 Å². The van der Waals surface area contributed by atoms with Crippen molar-refractivity contribution in [2.45, 2.75) is 51.9 Å². The highest BCUT2D eigenvalue weighted by Crippen LogP contribution is 2.07. The maximum Gasteiger partial charge on any atom is 0.0593 e. The van der Waals surface area contributed by atoms with Crippen LogP contribution in [0.2, 0.25) is 0 Å². The summed E-state index contributed by atoms with van der Waals surface area (Å²) >= 11 is 0. The average molecular weight is 213 g/mol. The van der Waals surface area contributed by atoms with E-state index in [1.807, 2.05) is 0 Å². The van der Waals surface area contributed by atoms with Crippen LogP contribution in [0.15, 0.2) is 0 Å². The highest BCUT2D eigenvalue weighted by molar-refractivity contribution is 4.63. The molecule has 0 unspecified atom stereocenters. The lowest BCUT2D eigenvalue weighted by molar-refractivity contribution is 0.0938. The molecule has 0 aromatic heterocycles. The second-order valence-corrected chi connectivity index (χ2v) is 4.58. The molecule has 1 aliphatic heterocycles. The Bertz CT molecular complexity index is 132. The van der Waals surface area contributed by atoms with Crippen LogP contribution < -0.4 is 0 Å². The summed E-state index contributed by atoms with van der Waals surface area (Å²) in [5.41, 5.74) is 0. The van der Waals surface area contributed by atoms with Crippen molar-refractivity contribution in [1.29, 1.82) is 0 Å². The van der Waals surface area contributed by atoms with E-state index in [0.29, 0.717) is 0 Å². The Morgan fingerprint density at radius 3 is 2.47 bits per heavy atom. The van der Waals surface area contributed by atoms with Gasteiger partial charge in [0, 0.05) is 13.2 Å². The van der Waals surface area contributed by atoms with Gasteiger partial charge in [-0.1, -0.05) is 32.6 Å². The van der Waals surface area contributed by atoms with Crippen molar-refractivity contribution >= 4 is 0 Å². The smallest absolute Gasteiger partial charge is 0.0593 e. The van der Waals surface area contributed by atoms with E-state index in [1.54, 1.807) is 0 Å². The molecule has 0 N–H and O–H groups in total. The number of likely N-dealkylation sites (tertiary alicyclic amines) is 1. The van der Waals surface area contributed by atoms with Crippen molar-refractivity contribution in [2.75, 3.05) is 32.8 Å². The molecule has 0 aliphatic carbocycles. The third-order valence-corrected chi connectivity index (χ3v) is 3.14. The summed E-state index contributed by atoms with van der Waals surface area (Å²) in [6, 6.07) is 0. The second-order valence-electron chi connectivity index (χ2n) is 4.58. The molecule has 2 heteroatoms. The maximum atomic E-state index is 5.64. The molecule has 0 spiro atoms. The standard InChI is InChI=1S/C13H27NO/c1-2-3-4-8-12-15-13-11-14-9-6-5-7-10-14/h2-13H2,1H3. The number of hydrogen-bond acceptors (Lipinski definition) is 2. The monoisotopic (exact) mass is 213 g/mol. The lowest BCUT2D eigenvalue weighted by atomic mass is 10.1. The van der Waals surface area contributed by atoms with Crippen molar-refractivity contribution in [3.63, 3.8) is 0 Å². The minimum Gasteiger partial charge on any atom is -0.380 e. The van der Waals surface area contributed by atoms with Crippen LogP contribution in [0.25, 0.3) is 0 Å². The molecule has 0 amide bonds. The molecule has 1 saturated heterocycles.